The van der Waals surface area contributed by atoms with Crippen LogP contribution in [-0.4, -0.2) is 6.04 Å². The minimum absolute atomic E-state index is 0.262. The quantitative estimate of drug-likeness (QED) is 0.494. The summed E-state index contributed by atoms with van der Waals surface area (Å²) in [6.07, 6.45) is 16.3. The summed E-state index contributed by atoms with van der Waals surface area (Å²) < 4.78 is 0. The van der Waals surface area contributed by atoms with E-state index in [4.69, 9.17) is 5.73 Å². The molecule has 1 unspecified atom stereocenters. The summed E-state index contributed by atoms with van der Waals surface area (Å²) in [5.41, 5.74) is 8.12. The molecule has 1 atom stereocenters. The van der Waals surface area contributed by atoms with Gasteiger partial charge in [-0.05, 0) is 25.2 Å². The number of unbranched alkanes of at least 4 members (excludes halogenated alkanes) is 6. The Labute approximate surface area is 102 Å². The lowest BCUT2D eigenvalue weighted by molar-refractivity contribution is 0.385. The van der Waals surface area contributed by atoms with Crippen LogP contribution in [0.1, 0.15) is 84.0 Å². The first kappa shape index (κ1) is 14.0. The van der Waals surface area contributed by atoms with Gasteiger partial charge in [0.2, 0.25) is 0 Å². The SMILES string of the molecule is CCCCCCCCCC([NH])C1CCCC1. The van der Waals surface area contributed by atoms with Crippen LogP contribution in [0.5, 0.6) is 0 Å². The van der Waals surface area contributed by atoms with E-state index in [9.17, 15) is 0 Å². The van der Waals surface area contributed by atoms with E-state index in [2.05, 4.69) is 6.92 Å². The molecule has 0 amide bonds. The molecule has 95 valence electrons. The molecule has 1 nitrogen and oxygen atoms in total. The molecule has 0 saturated heterocycles. The van der Waals surface area contributed by atoms with Crippen molar-refractivity contribution in [2.75, 3.05) is 0 Å². The van der Waals surface area contributed by atoms with E-state index < -0.39 is 0 Å². The Morgan fingerprint density at radius 1 is 0.938 bits per heavy atom. The summed E-state index contributed by atoms with van der Waals surface area (Å²) in [6.45, 7) is 2.27. The van der Waals surface area contributed by atoms with Gasteiger partial charge in [-0.3, -0.25) is 5.73 Å². The van der Waals surface area contributed by atoms with Gasteiger partial charge >= 0.3 is 0 Å². The third-order valence-corrected chi connectivity index (χ3v) is 4.09. The first-order chi connectivity index (χ1) is 7.84. The van der Waals surface area contributed by atoms with Crippen molar-refractivity contribution in [1.29, 1.82) is 0 Å². The average Bonchev–Trinajstić information content (AvgIpc) is 2.81. The Bertz CT molecular complexity index is 150. The van der Waals surface area contributed by atoms with Crippen LogP contribution in [0.4, 0.5) is 0 Å². The van der Waals surface area contributed by atoms with Crippen LogP contribution in [0.2, 0.25) is 0 Å². The van der Waals surface area contributed by atoms with Crippen LogP contribution in [0, 0.1) is 5.92 Å². The number of hydrogen-bond acceptors (Lipinski definition) is 0. The maximum absolute atomic E-state index is 8.12. The molecule has 1 fully saturated rings. The van der Waals surface area contributed by atoms with Gasteiger partial charge in [0.05, 0.1) is 0 Å². The maximum Gasteiger partial charge on any atom is 0.0241 e. The molecule has 0 spiro atoms. The highest BCUT2D eigenvalue weighted by Crippen LogP contribution is 2.29. The Morgan fingerprint density at radius 2 is 1.50 bits per heavy atom. The largest absolute Gasteiger partial charge is 0.254 e. The van der Waals surface area contributed by atoms with E-state index in [-0.39, 0.29) is 6.04 Å². The topological polar surface area (TPSA) is 23.8 Å². The molecule has 1 N–H and O–H groups in total. The second kappa shape index (κ2) is 9.04. The summed E-state index contributed by atoms with van der Waals surface area (Å²) in [4.78, 5) is 0. The summed E-state index contributed by atoms with van der Waals surface area (Å²) in [5, 5.41) is 0. The predicted octanol–water partition coefficient (Wildman–Crippen LogP) is 4.97. The predicted molar refractivity (Wildman–Crippen MR) is 71.5 cm³/mol. The molecular weight excluding hydrogens is 194 g/mol. The van der Waals surface area contributed by atoms with Crippen molar-refractivity contribution in [1.82, 2.24) is 5.73 Å². The summed E-state index contributed by atoms with van der Waals surface area (Å²) >= 11 is 0. The van der Waals surface area contributed by atoms with E-state index in [1.165, 1.54) is 77.0 Å². The van der Waals surface area contributed by atoms with Gasteiger partial charge in [0.25, 0.3) is 0 Å². The highest BCUT2D eigenvalue weighted by molar-refractivity contribution is 4.77. The molecule has 1 aliphatic carbocycles. The molecule has 1 radical (unpaired) electrons. The van der Waals surface area contributed by atoms with Crippen LogP contribution in [0.25, 0.3) is 0 Å². The highest BCUT2D eigenvalue weighted by Gasteiger charge is 2.21. The Hall–Kier alpha value is -0.0400. The monoisotopic (exact) mass is 224 g/mol. The fourth-order valence-electron chi connectivity index (χ4n) is 2.92. The van der Waals surface area contributed by atoms with E-state index >= 15 is 0 Å². The molecule has 0 aromatic heterocycles. The van der Waals surface area contributed by atoms with E-state index in [1.807, 2.05) is 0 Å². The number of hydrogen-bond donors (Lipinski definition) is 0. The molecule has 1 aliphatic rings. The lowest BCUT2D eigenvalue weighted by Crippen LogP contribution is -2.19. The van der Waals surface area contributed by atoms with Crippen molar-refractivity contribution in [3.8, 4) is 0 Å². The maximum atomic E-state index is 8.12. The van der Waals surface area contributed by atoms with Gasteiger partial charge in [-0.1, -0.05) is 64.7 Å². The average molecular weight is 224 g/mol. The lowest BCUT2D eigenvalue weighted by atomic mass is 9.94. The number of rotatable bonds is 9. The third-order valence-electron chi connectivity index (χ3n) is 4.09. The van der Waals surface area contributed by atoms with Crippen LogP contribution in [-0.2, 0) is 0 Å². The zero-order valence-corrected chi connectivity index (χ0v) is 11.1. The van der Waals surface area contributed by atoms with Gasteiger partial charge in [0, 0.05) is 6.04 Å². The third kappa shape index (κ3) is 5.89. The van der Waals surface area contributed by atoms with Crippen molar-refractivity contribution < 1.29 is 0 Å². The Balaban J connectivity index is 1.86. The molecule has 0 aliphatic heterocycles. The molecule has 1 heteroatoms. The van der Waals surface area contributed by atoms with Crippen LogP contribution in [0.15, 0.2) is 0 Å². The first-order valence-corrected chi connectivity index (χ1v) is 7.55. The van der Waals surface area contributed by atoms with Gasteiger partial charge in [-0.25, -0.2) is 0 Å². The summed E-state index contributed by atoms with van der Waals surface area (Å²) in [5.74, 6) is 0.750. The van der Waals surface area contributed by atoms with Crippen molar-refractivity contribution >= 4 is 0 Å². The van der Waals surface area contributed by atoms with Gasteiger partial charge in [0.1, 0.15) is 0 Å². The van der Waals surface area contributed by atoms with Crippen molar-refractivity contribution in [2.24, 2.45) is 5.92 Å². The lowest BCUT2D eigenvalue weighted by Gasteiger charge is -2.17. The molecule has 0 aromatic rings. The van der Waals surface area contributed by atoms with E-state index in [0.29, 0.717) is 0 Å². The second-order valence-electron chi connectivity index (χ2n) is 5.56. The smallest absolute Gasteiger partial charge is 0.0241 e. The summed E-state index contributed by atoms with van der Waals surface area (Å²) in [7, 11) is 0. The molecule has 16 heavy (non-hydrogen) atoms. The number of nitrogens with one attached hydrogen (secondary N) is 1. The molecular formula is C15H30N. The minimum atomic E-state index is 0.262. The second-order valence-corrected chi connectivity index (χ2v) is 5.56. The van der Waals surface area contributed by atoms with Crippen molar-refractivity contribution in [2.45, 2.75) is 90.0 Å². The van der Waals surface area contributed by atoms with Gasteiger partial charge in [-0.2, -0.15) is 0 Å². The minimum Gasteiger partial charge on any atom is -0.254 e. The molecule has 0 aromatic carbocycles. The Kier molecular flexibility index (Phi) is 7.92. The molecule has 0 heterocycles. The summed E-state index contributed by atoms with van der Waals surface area (Å²) in [6, 6.07) is 0.262. The standard InChI is InChI=1S/C15H30N/c1-2-3-4-5-6-7-8-13-15(16)14-11-9-10-12-14/h14-16H,2-13H2,1H3. The first-order valence-electron chi connectivity index (χ1n) is 7.55. The van der Waals surface area contributed by atoms with Crippen LogP contribution in [0.3, 0.4) is 0 Å². The molecule has 1 rings (SSSR count). The van der Waals surface area contributed by atoms with Gasteiger partial charge < -0.3 is 0 Å². The fraction of sp³-hybridized carbons (Fsp3) is 1.00. The van der Waals surface area contributed by atoms with E-state index in [1.54, 1.807) is 0 Å². The normalized spacial score (nSPS) is 19.1. The Morgan fingerprint density at radius 3 is 2.12 bits per heavy atom. The van der Waals surface area contributed by atoms with Crippen LogP contribution >= 0.6 is 0 Å². The molecule has 1 saturated carbocycles. The highest BCUT2D eigenvalue weighted by atomic mass is 14.6. The van der Waals surface area contributed by atoms with Gasteiger partial charge in [-0.15, -0.1) is 0 Å². The van der Waals surface area contributed by atoms with Crippen LogP contribution < -0.4 is 5.73 Å². The zero-order valence-electron chi connectivity index (χ0n) is 11.1. The fourth-order valence-corrected chi connectivity index (χ4v) is 2.92. The zero-order chi connectivity index (χ0) is 11.6. The van der Waals surface area contributed by atoms with E-state index in [0.717, 1.165) is 5.92 Å². The van der Waals surface area contributed by atoms with Crippen molar-refractivity contribution in [3.05, 3.63) is 0 Å². The molecule has 0 bridgehead atoms. The van der Waals surface area contributed by atoms with Gasteiger partial charge in [0.15, 0.2) is 0 Å². The van der Waals surface area contributed by atoms with Crippen molar-refractivity contribution in [3.63, 3.8) is 0 Å².